The van der Waals surface area contributed by atoms with E-state index >= 15 is 0 Å². The summed E-state index contributed by atoms with van der Waals surface area (Å²) in [6.45, 7) is 0. The lowest BCUT2D eigenvalue weighted by Gasteiger charge is -2.08. The predicted octanol–water partition coefficient (Wildman–Crippen LogP) is 2.94. The van der Waals surface area contributed by atoms with Crippen LogP contribution in [0.25, 0.3) is 10.9 Å². The third kappa shape index (κ3) is 2.88. The van der Waals surface area contributed by atoms with Crippen molar-refractivity contribution in [2.24, 2.45) is 0 Å². The number of pyridine rings is 1. The maximum Gasteiger partial charge on any atom is 0.246 e. The van der Waals surface area contributed by atoms with Gasteiger partial charge in [-0.2, -0.15) is 0 Å². The van der Waals surface area contributed by atoms with Crippen molar-refractivity contribution in [2.75, 3.05) is 9.93 Å². The minimum Gasteiger partial charge on any atom is -0.280 e. The number of nitrogens with one attached hydrogen (secondary N) is 1. The fraction of sp³-hybridized carbons (Fsp3) is 0.100. The lowest BCUT2D eigenvalue weighted by Crippen LogP contribution is -2.13. The molecule has 0 aliphatic carbocycles. The monoisotopic (exact) mass is 334 g/mol. The first-order chi connectivity index (χ1) is 8.02. The van der Waals surface area contributed by atoms with Gasteiger partial charge in [-0.25, -0.2) is 8.42 Å². The second-order valence-electron chi connectivity index (χ2n) is 3.36. The standard InChI is InChI=1S/C10H8BrClN2O2S/c11-8-4-7-2-1-3-9(10(7)13-5-8)14-17(15,16)6-12/h1-5,14H,6H2. The van der Waals surface area contributed by atoms with E-state index in [-0.39, 0.29) is 0 Å². The number of rotatable bonds is 3. The Kier molecular flexibility index (Phi) is 3.56. The quantitative estimate of drug-likeness (QED) is 0.877. The molecule has 0 bridgehead atoms. The Morgan fingerprint density at radius 3 is 2.88 bits per heavy atom. The third-order valence-electron chi connectivity index (χ3n) is 2.09. The van der Waals surface area contributed by atoms with E-state index in [0.29, 0.717) is 11.2 Å². The van der Waals surface area contributed by atoms with E-state index in [1.54, 1.807) is 18.3 Å². The zero-order chi connectivity index (χ0) is 12.5. The molecule has 0 unspecified atom stereocenters. The maximum absolute atomic E-state index is 11.4. The fourth-order valence-electron chi connectivity index (χ4n) is 1.41. The van der Waals surface area contributed by atoms with E-state index in [1.165, 1.54) is 0 Å². The van der Waals surface area contributed by atoms with Crippen molar-refractivity contribution in [3.8, 4) is 0 Å². The highest BCUT2D eigenvalue weighted by Crippen LogP contribution is 2.24. The average Bonchev–Trinajstić information content (AvgIpc) is 2.28. The first-order valence-electron chi connectivity index (χ1n) is 4.62. The molecule has 0 aliphatic rings. The maximum atomic E-state index is 11.4. The van der Waals surface area contributed by atoms with Crippen molar-refractivity contribution in [2.45, 2.75) is 0 Å². The molecule has 1 N–H and O–H groups in total. The van der Waals surface area contributed by atoms with Gasteiger partial charge in [0.05, 0.1) is 11.2 Å². The minimum absolute atomic E-state index is 0.427. The van der Waals surface area contributed by atoms with Gasteiger partial charge in [0.2, 0.25) is 10.0 Å². The van der Waals surface area contributed by atoms with Crippen LogP contribution in [-0.4, -0.2) is 18.6 Å². The Morgan fingerprint density at radius 1 is 1.41 bits per heavy atom. The number of aromatic nitrogens is 1. The molecule has 2 aromatic rings. The van der Waals surface area contributed by atoms with Crippen LogP contribution in [0, 0.1) is 0 Å². The van der Waals surface area contributed by atoms with Crippen LogP contribution >= 0.6 is 27.5 Å². The first-order valence-corrected chi connectivity index (χ1v) is 7.60. The molecule has 0 spiro atoms. The topological polar surface area (TPSA) is 59.1 Å². The number of halogens is 2. The summed E-state index contributed by atoms with van der Waals surface area (Å²) in [4.78, 5) is 4.18. The van der Waals surface area contributed by atoms with Crippen LogP contribution in [0.1, 0.15) is 0 Å². The summed E-state index contributed by atoms with van der Waals surface area (Å²) in [5, 5.41) is 0.356. The van der Waals surface area contributed by atoms with E-state index in [0.717, 1.165) is 9.86 Å². The number of fused-ring (bicyclic) bond motifs is 1. The highest BCUT2D eigenvalue weighted by atomic mass is 79.9. The molecule has 7 heteroatoms. The second kappa shape index (κ2) is 4.80. The lowest BCUT2D eigenvalue weighted by molar-refractivity contribution is 0.605. The largest absolute Gasteiger partial charge is 0.280 e. The molecule has 1 heterocycles. The first kappa shape index (κ1) is 12.6. The molecule has 2 rings (SSSR count). The van der Waals surface area contributed by atoms with Crippen LogP contribution in [0.3, 0.4) is 0 Å². The lowest BCUT2D eigenvalue weighted by atomic mass is 10.2. The summed E-state index contributed by atoms with van der Waals surface area (Å²) in [6, 6.07) is 7.11. The number of nitrogens with zero attached hydrogens (tertiary/aromatic N) is 1. The van der Waals surface area contributed by atoms with Crippen molar-refractivity contribution in [1.82, 2.24) is 4.98 Å². The zero-order valence-electron chi connectivity index (χ0n) is 8.52. The highest BCUT2D eigenvalue weighted by molar-refractivity contribution is 9.10. The number of hydrogen-bond donors (Lipinski definition) is 1. The molecule has 0 fully saturated rings. The van der Waals surface area contributed by atoms with Gasteiger partial charge in [-0.15, -0.1) is 11.6 Å². The van der Waals surface area contributed by atoms with Crippen LogP contribution in [0.5, 0.6) is 0 Å². The van der Waals surface area contributed by atoms with Crippen LogP contribution < -0.4 is 4.72 Å². The molecule has 0 saturated heterocycles. The minimum atomic E-state index is -3.51. The molecule has 90 valence electrons. The Hall–Kier alpha value is -0.850. The van der Waals surface area contributed by atoms with Gasteiger partial charge < -0.3 is 0 Å². The van der Waals surface area contributed by atoms with Gasteiger partial charge in [0, 0.05) is 16.1 Å². The summed E-state index contributed by atoms with van der Waals surface area (Å²) >= 11 is 8.65. The van der Waals surface area contributed by atoms with Gasteiger partial charge in [0.1, 0.15) is 5.21 Å². The molecule has 0 aliphatic heterocycles. The molecule has 0 saturated carbocycles. The summed E-state index contributed by atoms with van der Waals surface area (Å²) in [5.41, 5.74) is 1.01. The van der Waals surface area contributed by atoms with Crippen molar-refractivity contribution >= 4 is 54.1 Å². The van der Waals surface area contributed by atoms with Gasteiger partial charge in [0.25, 0.3) is 0 Å². The second-order valence-corrected chi connectivity index (χ2v) is 6.58. The molecule has 1 aromatic heterocycles. The summed E-state index contributed by atoms with van der Waals surface area (Å²) in [7, 11) is -3.51. The number of alkyl halides is 1. The van der Waals surface area contributed by atoms with Crippen molar-refractivity contribution in [1.29, 1.82) is 0 Å². The van der Waals surface area contributed by atoms with E-state index in [4.69, 9.17) is 11.6 Å². The zero-order valence-corrected chi connectivity index (χ0v) is 11.7. The van der Waals surface area contributed by atoms with Crippen LogP contribution in [0.2, 0.25) is 0 Å². The Labute approximate surface area is 112 Å². The molecular weight excluding hydrogens is 328 g/mol. The SMILES string of the molecule is O=S(=O)(CCl)Nc1cccc2cc(Br)cnc12. The van der Waals surface area contributed by atoms with E-state index < -0.39 is 15.2 Å². The Morgan fingerprint density at radius 2 is 2.18 bits per heavy atom. The van der Waals surface area contributed by atoms with Crippen LogP contribution in [0.4, 0.5) is 5.69 Å². The van der Waals surface area contributed by atoms with Gasteiger partial charge in [0.15, 0.2) is 0 Å². The number of hydrogen-bond acceptors (Lipinski definition) is 3. The van der Waals surface area contributed by atoms with E-state index in [1.807, 2.05) is 12.1 Å². The third-order valence-corrected chi connectivity index (χ3v) is 4.20. The molecule has 1 aromatic carbocycles. The van der Waals surface area contributed by atoms with E-state index in [9.17, 15) is 8.42 Å². The number of sulfonamides is 1. The van der Waals surface area contributed by atoms with Gasteiger partial charge >= 0.3 is 0 Å². The fourth-order valence-corrected chi connectivity index (χ4v) is 2.48. The molecule has 0 atom stereocenters. The molecular formula is C10H8BrClN2O2S. The van der Waals surface area contributed by atoms with Crippen molar-refractivity contribution in [3.05, 3.63) is 34.9 Å². The Bertz CT molecular complexity index is 660. The van der Waals surface area contributed by atoms with Gasteiger partial charge in [-0.1, -0.05) is 12.1 Å². The van der Waals surface area contributed by atoms with Crippen LogP contribution in [0.15, 0.2) is 34.9 Å². The van der Waals surface area contributed by atoms with Crippen molar-refractivity contribution in [3.63, 3.8) is 0 Å². The molecule has 4 nitrogen and oxygen atoms in total. The van der Waals surface area contributed by atoms with Gasteiger partial charge in [-0.05, 0) is 28.1 Å². The smallest absolute Gasteiger partial charge is 0.246 e. The van der Waals surface area contributed by atoms with Crippen molar-refractivity contribution < 1.29 is 8.42 Å². The van der Waals surface area contributed by atoms with Gasteiger partial charge in [-0.3, -0.25) is 9.71 Å². The summed E-state index contributed by atoms with van der Waals surface area (Å²) in [6.07, 6.45) is 1.61. The molecule has 0 amide bonds. The number of anilines is 1. The predicted molar refractivity (Wildman–Crippen MR) is 72.7 cm³/mol. The summed E-state index contributed by atoms with van der Waals surface area (Å²) < 4.78 is 26.0. The number of benzene rings is 1. The molecule has 0 radical (unpaired) electrons. The number of para-hydroxylation sites is 1. The Balaban J connectivity index is 2.55. The molecule has 17 heavy (non-hydrogen) atoms. The summed E-state index contributed by atoms with van der Waals surface area (Å²) in [5.74, 6) is 0. The van der Waals surface area contributed by atoms with E-state index in [2.05, 4.69) is 25.6 Å². The average molecular weight is 336 g/mol. The van der Waals surface area contributed by atoms with Crippen LogP contribution in [-0.2, 0) is 10.0 Å². The normalized spacial score (nSPS) is 11.6. The highest BCUT2D eigenvalue weighted by Gasteiger charge is 2.11.